The second-order valence-corrected chi connectivity index (χ2v) is 4.95. The van der Waals surface area contributed by atoms with Gasteiger partial charge in [-0.3, -0.25) is 0 Å². The molecule has 0 bridgehead atoms. The van der Waals surface area contributed by atoms with Gasteiger partial charge in [0.1, 0.15) is 5.02 Å². The van der Waals surface area contributed by atoms with Gasteiger partial charge in [-0.1, -0.05) is 48.9 Å². The maximum atomic E-state index is 14.2. The summed E-state index contributed by atoms with van der Waals surface area (Å²) in [6.45, 7) is 2.01. The summed E-state index contributed by atoms with van der Waals surface area (Å²) >= 11 is 5.83. The van der Waals surface area contributed by atoms with E-state index < -0.39 is 5.82 Å². The Balaban J connectivity index is 2.36. The molecule has 0 heterocycles. The summed E-state index contributed by atoms with van der Waals surface area (Å²) in [7, 11) is 0. The number of anilines is 3. The van der Waals surface area contributed by atoms with E-state index in [-0.39, 0.29) is 28.1 Å². The normalized spacial score (nSPS) is 12.2. The summed E-state index contributed by atoms with van der Waals surface area (Å²) in [5.74, 6) is -0.612. The molecule has 5 heteroatoms. The van der Waals surface area contributed by atoms with E-state index in [1.807, 2.05) is 37.3 Å². The zero-order valence-corrected chi connectivity index (χ0v) is 11.9. The van der Waals surface area contributed by atoms with Crippen LogP contribution in [0.2, 0.25) is 5.02 Å². The van der Waals surface area contributed by atoms with Crippen LogP contribution in [-0.4, -0.2) is 0 Å². The summed E-state index contributed by atoms with van der Waals surface area (Å²) in [4.78, 5) is 0. The number of hydrogen-bond donors (Lipinski definition) is 3. The van der Waals surface area contributed by atoms with Crippen LogP contribution in [0, 0.1) is 5.82 Å². The van der Waals surface area contributed by atoms with Crippen LogP contribution >= 0.6 is 11.6 Å². The molecule has 3 nitrogen and oxygen atoms in total. The predicted molar refractivity (Wildman–Crippen MR) is 83.3 cm³/mol. The van der Waals surface area contributed by atoms with E-state index >= 15 is 0 Å². The maximum Gasteiger partial charge on any atom is 0.169 e. The summed E-state index contributed by atoms with van der Waals surface area (Å²) in [6, 6.07) is 11.2. The number of rotatable bonds is 4. The monoisotopic (exact) mass is 293 g/mol. The van der Waals surface area contributed by atoms with E-state index in [0.717, 1.165) is 12.0 Å². The van der Waals surface area contributed by atoms with Crippen molar-refractivity contribution in [1.82, 2.24) is 0 Å². The predicted octanol–water partition coefficient (Wildman–Crippen LogP) is 4.21. The molecular formula is C15H17ClFN3. The van der Waals surface area contributed by atoms with Gasteiger partial charge in [0, 0.05) is 0 Å². The van der Waals surface area contributed by atoms with Crippen LogP contribution in [0.5, 0.6) is 0 Å². The average Bonchev–Trinajstić information content (AvgIpc) is 2.46. The Kier molecular flexibility index (Phi) is 4.35. The molecule has 106 valence electrons. The molecule has 0 aliphatic rings. The van der Waals surface area contributed by atoms with Crippen molar-refractivity contribution in [3.05, 3.63) is 52.8 Å². The van der Waals surface area contributed by atoms with Crippen molar-refractivity contribution in [2.75, 3.05) is 16.8 Å². The fourth-order valence-corrected chi connectivity index (χ4v) is 2.24. The lowest BCUT2D eigenvalue weighted by Crippen LogP contribution is -2.13. The minimum Gasteiger partial charge on any atom is -0.397 e. The Morgan fingerprint density at radius 1 is 1.20 bits per heavy atom. The molecule has 2 aromatic rings. The summed E-state index contributed by atoms with van der Waals surface area (Å²) in [6.07, 6.45) is 0.783. The molecule has 0 fully saturated rings. The van der Waals surface area contributed by atoms with Crippen LogP contribution < -0.4 is 16.8 Å². The molecule has 0 aliphatic carbocycles. The van der Waals surface area contributed by atoms with Crippen molar-refractivity contribution < 1.29 is 4.39 Å². The van der Waals surface area contributed by atoms with Gasteiger partial charge in [0.05, 0.1) is 23.1 Å². The van der Waals surface area contributed by atoms with Gasteiger partial charge in [0.15, 0.2) is 5.82 Å². The van der Waals surface area contributed by atoms with E-state index in [2.05, 4.69) is 5.32 Å². The molecule has 0 radical (unpaired) electrons. The Morgan fingerprint density at radius 2 is 1.85 bits per heavy atom. The minimum atomic E-state index is -0.612. The van der Waals surface area contributed by atoms with E-state index in [1.54, 1.807) is 0 Å². The molecular weight excluding hydrogens is 277 g/mol. The lowest BCUT2D eigenvalue weighted by molar-refractivity contribution is 0.625. The first kappa shape index (κ1) is 14.5. The standard InChI is InChI=1S/C15H17ClFN3/c1-2-12(9-6-4-3-5-7-9)20-15-11(19)8-10(18)13(16)14(15)17/h3-8,12,20H,2,18-19H2,1H3. The van der Waals surface area contributed by atoms with Crippen LogP contribution in [0.4, 0.5) is 21.5 Å². The number of nitrogens with one attached hydrogen (secondary N) is 1. The zero-order chi connectivity index (χ0) is 14.7. The van der Waals surface area contributed by atoms with Gasteiger partial charge in [-0.15, -0.1) is 0 Å². The highest BCUT2D eigenvalue weighted by Gasteiger charge is 2.17. The largest absolute Gasteiger partial charge is 0.397 e. The Hall–Kier alpha value is -1.94. The summed E-state index contributed by atoms with van der Waals surface area (Å²) in [5, 5.41) is 3.00. The molecule has 2 rings (SSSR count). The van der Waals surface area contributed by atoms with Crippen molar-refractivity contribution in [3.63, 3.8) is 0 Å². The maximum absolute atomic E-state index is 14.2. The topological polar surface area (TPSA) is 64.1 Å². The third-order valence-corrected chi connectivity index (χ3v) is 3.58. The van der Waals surface area contributed by atoms with Crippen LogP contribution in [0.1, 0.15) is 24.9 Å². The van der Waals surface area contributed by atoms with E-state index in [9.17, 15) is 4.39 Å². The fourth-order valence-electron chi connectivity index (χ4n) is 2.09. The van der Waals surface area contributed by atoms with Crippen molar-refractivity contribution in [2.45, 2.75) is 19.4 Å². The van der Waals surface area contributed by atoms with Crippen molar-refractivity contribution in [3.8, 4) is 0 Å². The van der Waals surface area contributed by atoms with Crippen LogP contribution in [0.25, 0.3) is 0 Å². The number of nitrogen functional groups attached to an aromatic ring is 2. The van der Waals surface area contributed by atoms with Crippen molar-refractivity contribution in [1.29, 1.82) is 0 Å². The van der Waals surface area contributed by atoms with Crippen LogP contribution in [0.3, 0.4) is 0 Å². The quantitative estimate of drug-likeness (QED) is 0.740. The van der Waals surface area contributed by atoms with Gasteiger partial charge in [-0.05, 0) is 18.1 Å². The van der Waals surface area contributed by atoms with E-state index in [1.165, 1.54) is 6.07 Å². The second-order valence-electron chi connectivity index (χ2n) is 4.57. The molecule has 0 aliphatic heterocycles. The molecule has 20 heavy (non-hydrogen) atoms. The lowest BCUT2D eigenvalue weighted by Gasteiger charge is -2.21. The minimum absolute atomic E-state index is 0.0484. The highest BCUT2D eigenvalue weighted by Crippen LogP contribution is 2.36. The molecule has 1 atom stereocenters. The molecule has 2 aromatic carbocycles. The van der Waals surface area contributed by atoms with Gasteiger partial charge < -0.3 is 16.8 Å². The number of benzene rings is 2. The molecule has 0 amide bonds. The average molecular weight is 294 g/mol. The highest BCUT2D eigenvalue weighted by molar-refractivity contribution is 6.33. The zero-order valence-electron chi connectivity index (χ0n) is 11.2. The first-order chi connectivity index (χ1) is 9.54. The Morgan fingerprint density at radius 3 is 2.45 bits per heavy atom. The summed E-state index contributed by atoms with van der Waals surface area (Å²) < 4.78 is 14.2. The van der Waals surface area contributed by atoms with Crippen LogP contribution in [-0.2, 0) is 0 Å². The van der Waals surface area contributed by atoms with Gasteiger partial charge in [0.25, 0.3) is 0 Å². The first-order valence-corrected chi connectivity index (χ1v) is 6.76. The van der Waals surface area contributed by atoms with Crippen molar-refractivity contribution in [2.24, 2.45) is 0 Å². The van der Waals surface area contributed by atoms with Gasteiger partial charge in [-0.2, -0.15) is 0 Å². The number of nitrogens with two attached hydrogens (primary N) is 2. The molecule has 0 saturated carbocycles. The Bertz CT molecular complexity index is 602. The summed E-state index contributed by atoms with van der Waals surface area (Å²) in [5.41, 5.74) is 13.1. The molecule has 0 aromatic heterocycles. The smallest absolute Gasteiger partial charge is 0.169 e. The molecule has 0 spiro atoms. The van der Waals surface area contributed by atoms with Crippen molar-refractivity contribution >= 4 is 28.7 Å². The van der Waals surface area contributed by atoms with Gasteiger partial charge in [-0.25, -0.2) is 4.39 Å². The van der Waals surface area contributed by atoms with E-state index in [4.69, 9.17) is 23.1 Å². The van der Waals surface area contributed by atoms with E-state index in [0.29, 0.717) is 0 Å². The number of halogens is 2. The number of hydrogen-bond acceptors (Lipinski definition) is 3. The first-order valence-electron chi connectivity index (χ1n) is 6.39. The SMILES string of the molecule is CCC(Nc1c(N)cc(N)c(Cl)c1F)c1ccccc1. The second kappa shape index (κ2) is 6.01. The lowest BCUT2D eigenvalue weighted by atomic mass is 10.0. The Labute approximate surface area is 122 Å². The highest BCUT2D eigenvalue weighted by atomic mass is 35.5. The third kappa shape index (κ3) is 2.80. The molecule has 0 saturated heterocycles. The van der Waals surface area contributed by atoms with Crippen LogP contribution in [0.15, 0.2) is 36.4 Å². The molecule has 5 N–H and O–H groups in total. The molecule has 1 unspecified atom stereocenters. The fraction of sp³-hybridized carbons (Fsp3) is 0.200. The van der Waals surface area contributed by atoms with Gasteiger partial charge >= 0.3 is 0 Å². The van der Waals surface area contributed by atoms with Gasteiger partial charge in [0.2, 0.25) is 0 Å². The third-order valence-electron chi connectivity index (χ3n) is 3.19.